The lowest BCUT2D eigenvalue weighted by Gasteiger charge is -2.22. The smallest absolute Gasteiger partial charge is 0.0894 e. The first-order chi connectivity index (χ1) is 8.32. The minimum absolute atomic E-state index is 0.240. The second-order valence-corrected chi connectivity index (χ2v) is 4.85. The maximum Gasteiger partial charge on any atom is 0.0894 e. The van der Waals surface area contributed by atoms with Crippen LogP contribution in [0.3, 0.4) is 0 Å². The second-order valence-electron chi connectivity index (χ2n) is 4.85. The molecule has 17 heavy (non-hydrogen) atoms. The molecule has 2 heteroatoms. The van der Waals surface area contributed by atoms with E-state index >= 15 is 0 Å². The molecule has 0 saturated carbocycles. The van der Waals surface area contributed by atoms with Gasteiger partial charge in [0.05, 0.1) is 18.2 Å². The summed E-state index contributed by atoms with van der Waals surface area (Å²) in [6.45, 7) is -0.240. The molecule has 0 saturated heterocycles. The SMILES string of the molecule is N#CC1(CCCCCF)CCc2ccccc21. The molecule has 2 rings (SSSR count). The summed E-state index contributed by atoms with van der Waals surface area (Å²) in [5, 5.41) is 9.50. The third-order valence-electron chi connectivity index (χ3n) is 3.81. The maximum absolute atomic E-state index is 12.0. The maximum atomic E-state index is 12.0. The zero-order valence-electron chi connectivity index (χ0n) is 10.1. The van der Waals surface area contributed by atoms with Crippen LogP contribution in [0.1, 0.15) is 43.2 Å². The molecular weight excluding hydrogens is 213 g/mol. The molecular formula is C15H18FN. The Labute approximate surface area is 102 Å². The van der Waals surface area contributed by atoms with E-state index in [1.165, 1.54) is 11.1 Å². The lowest BCUT2D eigenvalue weighted by Crippen LogP contribution is -2.20. The molecule has 1 unspecified atom stereocenters. The summed E-state index contributed by atoms with van der Waals surface area (Å²) in [6.07, 6.45) is 5.28. The number of alkyl halides is 1. The van der Waals surface area contributed by atoms with Crippen LogP contribution in [0.5, 0.6) is 0 Å². The van der Waals surface area contributed by atoms with Crippen molar-refractivity contribution in [3.63, 3.8) is 0 Å². The van der Waals surface area contributed by atoms with Gasteiger partial charge in [0.1, 0.15) is 0 Å². The molecule has 0 heterocycles. The Balaban J connectivity index is 2.09. The minimum Gasteiger partial charge on any atom is -0.251 e. The Hall–Kier alpha value is -1.36. The number of halogens is 1. The number of benzene rings is 1. The first kappa shape index (κ1) is 12.1. The normalized spacial score (nSPS) is 22.1. The van der Waals surface area contributed by atoms with E-state index in [-0.39, 0.29) is 12.1 Å². The summed E-state index contributed by atoms with van der Waals surface area (Å²) in [6, 6.07) is 10.8. The van der Waals surface area contributed by atoms with Crippen LogP contribution in [0.25, 0.3) is 0 Å². The zero-order valence-corrected chi connectivity index (χ0v) is 10.1. The molecule has 0 bridgehead atoms. The molecule has 1 aliphatic rings. The van der Waals surface area contributed by atoms with Crippen LogP contribution in [0, 0.1) is 11.3 Å². The molecule has 1 aromatic rings. The van der Waals surface area contributed by atoms with E-state index in [9.17, 15) is 9.65 Å². The van der Waals surface area contributed by atoms with Gasteiger partial charge in [-0.25, -0.2) is 0 Å². The fraction of sp³-hybridized carbons (Fsp3) is 0.533. The summed E-state index contributed by atoms with van der Waals surface area (Å²) < 4.78 is 12.0. The third-order valence-corrected chi connectivity index (χ3v) is 3.81. The highest BCUT2D eigenvalue weighted by atomic mass is 19.1. The molecule has 0 N–H and O–H groups in total. The average molecular weight is 231 g/mol. The van der Waals surface area contributed by atoms with E-state index in [0.717, 1.165) is 32.1 Å². The van der Waals surface area contributed by atoms with Crippen LogP contribution in [0.4, 0.5) is 4.39 Å². The number of unbranched alkanes of at least 4 members (excludes halogenated alkanes) is 2. The Morgan fingerprint density at radius 1 is 1.24 bits per heavy atom. The predicted octanol–water partition coefficient (Wildman–Crippen LogP) is 3.92. The molecule has 0 spiro atoms. The van der Waals surface area contributed by atoms with Crippen molar-refractivity contribution in [2.45, 2.75) is 43.9 Å². The molecule has 1 aromatic carbocycles. The van der Waals surface area contributed by atoms with Gasteiger partial charge in [0.15, 0.2) is 0 Å². The predicted molar refractivity (Wildman–Crippen MR) is 66.5 cm³/mol. The lowest BCUT2D eigenvalue weighted by molar-refractivity contribution is 0.424. The van der Waals surface area contributed by atoms with Gasteiger partial charge in [-0.15, -0.1) is 0 Å². The summed E-state index contributed by atoms with van der Waals surface area (Å²) >= 11 is 0. The summed E-state index contributed by atoms with van der Waals surface area (Å²) in [5.41, 5.74) is 2.23. The quantitative estimate of drug-likeness (QED) is 0.704. The van der Waals surface area contributed by atoms with E-state index in [1.54, 1.807) is 0 Å². The molecule has 90 valence electrons. The van der Waals surface area contributed by atoms with Crippen LogP contribution < -0.4 is 0 Å². The standard InChI is InChI=1S/C15H18FN/c16-11-5-1-4-9-15(12-17)10-8-13-6-2-3-7-14(13)15/h2-3,6-7H,1,4-5,8-11H2. The van der Waals surface area contributed by atoms with Crippen molar-refractivity contribution in [2.24, 2.45) is 0 Å². The van der Waals surface area contributed by atoms with Gasteiger partial charge in [-0.1, -0.05) is 37.1 Å². The van der Waals surface area contributed by atoms with Crippen molar-refractivity contribution in [1.82, 2.24) is 0 Å². The number of aryl methyl sites for hydroxylation is 1. The molecule has 1 atom stereocenters. The fourth-order valence-corrected chi connectivity index (χ4v) is 2.82. The van der Waals surface area contributed by atoms with E-state index in [0.29, 0.717) is 6.42 Å². The zero-order chi connectivity index (χ0) is 12.1. The highest BCUT2D eigenvalue weighted by Gasteiger charge is 2.37. The number of hydrogen-bond donors (Lipinski definition) is 0. The van der Waals surface area contributed by atoms with Crippen molar-refractivity contribution < 1.29 is 4.39 Å². The minimum atomic E-state index is -0.299. The number of fused-ring (bicyclic) bond motifs is 1. The molecule has 0 aromatic heterocycles. The van der Waals surface area contributed by atoms with E-state index in [2.05, 4.69) is 18.2 Å². The average Bonchev–Trinajstić information content (AvgIpc) is 2.75. The fourth-order valence-electron chi connectivity index (χ4n) is 2.82. The van der Waals surface area contributed by atoms with Gasteiger partial charge in [-0.05, 0) is 36.8 Å². The van der Waals surface area contributed by atoms with Crippen molar-refractivity contribution in [3.8, 4) is 6.07 Å². The first-order valence-electron chi connectivity index (χ1n) is 6.38. The molecule has 1 nitrogen and oxygen atoms in total. The Morgan fingerprint density at radius 3 is 2.82 bits per heavy atom. The summed E-state index contributed by atoms with van der Waals surface area (Å²) in [4.78, 5) is 0. The topological polar surface area (TPSA) is 23.8 Å². The number of hydrogen-bond acceptors (Lipinski definition) is 1. The van der Waals surface area contributed by atoms with Gasteiger partial charge in [-0.2, -0.15) is 5.26 Å². The van der Waals surface area contributed by atoms with Crippen LogP contribution in [-0.2, 0) is 11.8 Å². The third kappa shape index (κ3) is 2.34. The van der Waals surface area contributed by atoms with Crippen LogP contribution in [0.2, 0.25) is 0 Å². The molecule has 0 fully saturated rings. The van der Waals surface area contributed by atoms with Gasteiger partial charge in [0, 0.05) is 0 Å². The van der Waals surface area contributed by atoms with Crippen molar-refractivity contribution in [1.29, 1.82) is 5.26 Å². The van der Waals surface area contributed by atoms with Crippen LogP contribution >= 0.6 is 0 Å². The molecule has 0 aliphatic heterocycles. The Morgan fingerprint density at radius 2 is 2.06 bits per heavy atom. The second kappa shape index (κ2) is 5.31. The Bertz CT molecular complexity index is 421. The lowest BCUT2D eigenvalue weighted by atomic mass is 9.79. The molecule has 1 aliphatic carbocycles. The number of rotatable bonds is 5. The number of nitrogens with zero attached hydrogens (tertiary/aromatic N) is 1. The highest BCUT2D eigenvalue weighted by Crippen LogP contribution is 2.42. The van der Waals surface area contributed by atoms with Crippen LogP contribution in [-0.4, -0.2) is 6.67 Å². The van der Waals surface area contributed by atoms with Crippen LogP contribution in [0.15, 0.2) is 24.3 Å². The van der Waals surface area contributed by atoms with Gasteiger partial charge in [0.2, 0.25) is 0 Å². The monoisotopic (exact) mass is 231 g/mol. The van der Waals surface area contributed by atoms with E-state index in [1.807, 2.05) is 12.1 Å². The Kier molecular flexibility index (Phi) is 3.78. The number of nitriles is 1. The van der Waals surface area contributed by atoms with Gasteiger partial charge < -0.3 is 0 Å². The first-order valence-corrected chi connectivity index (χ1v) is 6.38. The largest absolute Gasteiger partial charge is 0.251 e. The van der Waals surface area contributed by atoms with E-state index in [4.69, 9.17) is 0 Å². The van der Waals surface area contributed by atoms with Crippen molar-refractivity contribution in [2.75, 3.05) is 6.67 Å². The van der Waals surface area contributed by atoms with Crippen molar-refractivity contribution in [3.05, 3.63) is 35.4 Å². The van der Waals surface area contributed by atoms with Gasteiger partial charge >= 0.3 is 0 Å². The van der Waals surface area contributed by atoms with Crippen molar-refractivity contribution >= 4 is 0 Å². The molecule has 0 radical (unpaired) electrons. The molecule has 0 amide bonds. The summed E-state index contributed by atoms with van der Waals surface area (Å²) in [5.74, 6) is 0. The summed E-state index contributed by atoms with van der Waals surface area (Å²) in [7, 11) is 0. The van der Waals surface area contributed by atoms with Gasteiger partial charge in [-0.3, -0.25) is 4.39 Å². The van der Waals surface area contributed by atoms with E-state index < -0.39 is 0 Å². The highest BCUT2D eigenvalue weighted by molar-refractivity contribution is 5.43. The van der Waals surface area contributed by atoms with Gasteiger partial charge in [0.25, 0.3) is 0 Å².